The highest BCUT2D eigenvalue weighted by atomic mass is 16.8. The lowest BCUT2D eigenvalue weighted by Crippen LogP contribution is -2.67. The first-order chi connectivity index (χ1) is 11.8. The summed E-state index contributed by atoms with van der Waals surface area (Å²) in [6, 6.07) is 0. The zero-order valence-electron chi connectivity index (χ0n) is 15.9. The van der Waals surface area contributed by atoms with E-state index >= 15 is 0 Å². The third kappa shape index (κ3) is 3.62. The summed E-state index contributed by atoms with van der Waals surface area (Å²) >= 11 is 0. The van der Waals surface area contributed by atoms with Crippen LogP contribution in [0.2, 0.25) is 0 Å². The summed E-state index contributed by atoms with van der Waals surface area (Å²) in [6.45, 7) is 7.12. The summed E-state index contributed by atoms with van der Waals surface area (Å²) in [5.41, 5.74) is -1.07. The number of ether oxygens (including phenoxy) is 4. The number of methoxy groups -OCH3 is 1. The number of hydrogen-bond acceptors (Lipinski definition) is 6. The van der Waals surface area contributed by atoms with Gasteiger partial charge in [0.2, 0.25) is 0 Å². The Balaban J connectivity index is 1.82. The van der Waals surface area contributed by atoms with Gasteiger partial charge in [0.15, 0.2) is 18.4 Å². The van der Waals surface area contributed by atoms with Gasteiger partial charge in [-0.15, -0.1) is 0 Å². The topological polar surface area (TPSA) is 77.4 Å². The van der Waals surface area contributed by atoms with E-state index in [2.05, 4.69) is 13.8 Å². The Hall–Kier alpha value is -0.240. The van der Waals surface area contributed by atoms with Crippen molar-refractivity contribution in [2.24, 2.45) is 23.7 Å². The van der Waals surface area contributed by atoms with Crippen molar-refractivity contribution >= 4 is 0 Å². The summed E-state index contributed by atoms with van der Waals surface area (Å²) in [5.74, 6) is -0.707. The maximum Gasteiger partial charge on any atom is 0.193 e. The van der Waals surface area contributed by atoms with Gasteiger partial charge in [-0.3, -0.25) is 0 Å². The Morgan fingerprint density at radius 2 is 1.84 bits per heavy atom. The van der Waals surface area contributed by atoms with Crippen molar-refractivity contribution in [2.45, 2.75) is 76.8 Å². The molecule has 0 amide bonds. The number of hydrogen-bond donors (Lipinski definition) is 2. The fourth-order valence-corrected chi connectivity index (χ4v) is 5.13. The van der Waals surface area contributed by atoms with Crippen LogP contribution in [0.5, 0.6) is 0 Å². The van der Waals surface area contributed by atoms with Crippen molar-refractivity contribution in [3.8, 4) is 0 Å². The lowest BCUT2D eigenvalue weighted by atomic mass is 9.58. The molecule has 1 saturated carbocycles. The molecule has 1 aliphatic carbocycles. The van der Waals surface area contributed by atoms with Gasteiger partial charge in [0.25, 0.3) is 0 Å². The molecule has 2 aliphatic heterocycles. The highest BCUT2D eigenvalue weighted by Crippen LogP contribution is 2.55. The molecule has 6 heteroatoms. The maximum atomic E-state index is 11.7. The van der Waals surface area contributed by atoms with Crippen LogP contribution in [-0.2, 0) is 18.9 Å². The van der Waals surface area contributed by atoms with E-state index in [-0.39, 0.29) is 17.8 Å². The molecule has 3 fully saturated rings. The normalized spacial score (nSPS) is 50.2. The molecule has 0 aromatic heterocycles. The fourth-order valence-electron chi connectivity index (χ4n) is 5.13. The van der Waals surface area contributed by atoms with Crippen LogP contribution in [0.4, 0.5) is 0 Å². The van der Waals surface area contributed by atoms with Crippen LogP contribution in [0, 0.1) is 23.7 Å². The van der Waals surface area contributed by atoms with Crippen LogP contribution >= 0.6 is 0 Å². The van der Waals surface area contributed by atoms with E-state index < -0.39 is 24.0 Å². The lowest BCUT2D eigenvalue weighted by molar-refractivity contribution is -0.408. The van der Waals surface area contributed by atoms with Crippen molar-refractivity contribution < 1.29 is 29.2 Å². The Kier molecular flexibility index (Phi) is 5.78. The van der Waals surface area contributed by atoms with Crippen LogP contribution < -0.4 is 0 Å². The summed E-state index contributed by atoms with van der Waals surface area (Å²) in [4.78, 5) is 0. The van der Waals surface area contributed by atoms with Gasteiger partial charge in [-0.05, 0) is 44.4 Å². The standard InChI is InChI=1S/C19H34O6/c1-12-6-7-15-13(2)16(23-11-5-10-22-4)24-17-19(15,21)14(12)8-9-18(3,20)25-17/h12-17,20-21H,5-11H2,1-4H3. The van der Waals surface area contributed by atoms with Crippen molar-refractivity contribution in [2.75, 3.05) is 20.3 Å². The average molecular weight is 358 g/mol. The van der Waals surface area contributed by atoms with E-state index in [4.69, 9.17) is 18.9 Å². The molecule has 6 nitrogen and oxygen atoms in total. The molecule has 8 atom stereocenters. The molecule has 3 aliphatic rings. The van der Waals surface area contributed by atoms with E-state index in [9.17, 15) is 10.2 Å². The molecular weight excluding hydrogens is 324 g/mol. The maximum absolute atomic E-state index is 11.7. The third-order valence-electron chi connectivity index (χ3n) is 6.56. The van der Waals surface area contributed by atoms with E-state index in [1.165, 1.54) is 0 Å². The minimum absolute atomic E-state index is 0.0498. The second-order valence-corrected chi connectivity index (χ2v) is 8.40. The Morgan fingerprint density at radius 1 is 1.08 bits per heavy atom. The SMILES string of the molecule is COCCCOC1OC2OC(C)(O)CCC3C(C)CCC(C1C)C23O. The summed E-state index contributed by atoms with van der Waals surface area (Å²) in [6.07, 6.45) is 2.76. The largest absolute Gasteiger partial charge is 0.385 e. The zero-order chi connectivity index (χ0) is 18.2. The molecule has 3 rings (SSSR count). The molecule has 2 saturated heterocycles. The lowest BCUT2D eigenvalue weighted by Gasteiger charge is -2.57. The molecule has 0 bridgehead atoms. The van der Waals surface area contributed by atoms with Crippen molar-refractivity contribution in [1.82, 2.24) is 0 Å². The quantitative estimate of drug-likeness (QED) is 0.734. The van der Waals surface area contributed by atoms with Gasteiger partial charge < -0.3 is 29.2 Å². The monoisotopic (exact) mass is 358 g/mol. The van der Waals surface area contributed by atoms with E-state index in [1.807, 2.05) is 0 Å². The summed E-state index contributed by atoms with van der Waals surface area (Å²) in [7, 11) is 1.67. The second kappa shape index (κ2) is 7.41. The molecule has 0 aromatic carbocycles. The van der Waals surface area contributed by atoms with Crippen molar-refractivity contribution in [3.05, 3.63) is 0 Å². The van der Waals surface area contributed by atoms with Crippen LogP contribution in [0.1, 0.15) is 52.9 Å². The predicted octanol–water partition coefficient (Wildman–Crippen LogP) is 2.27. The van der Waals surface area contributed by atoms with Gasteiger partial charge in [0.05, 0.1) is 6.61 Å². The van der Waals surface area contributed by atoms with Crippen LogP contribution in [0.25, 0.3) is 0 Å². The average Bonchev–Trinajstić information content (AvgIpc) is 2.64. The van der Waals surface area contributed by atoms with E-state index in [0.29, 0.717) is 25.6 Å². The molecule has 0 spiro atoms. The summed E-state index contributed by atoms with van der Waals surface area (Å²) < 4.78 is 23.0. The minimum Gasteiger partial charge on any atom is -0.385 e. The first-order valence-electron chi connectivity index (χ1n) is 9.68. The Bertz CT molecular complexity index is 455. The highest BCUT2D eigenvalue weighted by molar-refractivity contribution is 5.06. The van der Waals surface area contributed by atoms with Gasteiger partial charge in [0.1, 0.15) is 5.60 Å². The molecule has 0 aromatic rings. The Labute approximate surface area is 150 Å². The molecular formula is C19H34O6. The number of rotatable bonds is 5. The van der Waals surface area contributed by atoms with Gasteiger partial charge in [0, 0.05) is 32.0 Å². The first kappa shape index (κ1) is 19.5. The molecule has 25 heavy (non-hydrogen) atoms. The molecule has 8 unspecified atom stereocenters. The smallest absolute Gasteiger partial charge is 0.193 e. The highest BCUT2D eigenvalue weighted by Gasteiger charge is 2.63. The third-order valence-corrected chi connectivity index (χ3v) is 6.56. The first-order valence-corrected chi connectivity index (χ1v) is 9.68. The van der Waals surface area contributed by atoms with Gasteiger partial charge in [-0.25, -0.2) is 0 Å². The predicted molar refractivity (Wildman–Crippen MR) is 91.5 cm³/mol. The van der Waals surface area contributed by atoms with Gasteiger partial charge >= 0.3 is 0 Å². The molecule has 146 valence electrons. The van der Waals surface area contributed by atoms with Crippen LogP contribution in [-0.4, -0.2) is 54.5 Å². The van der Waals surface area contributed by atoms with Crippen LogP contribution in [0.15, 0.2) is 0 Å². The fraction of sp³-hybridized carbons (Fsp3) is 1.00. The van der Waals surface area contributed by atoms with Crippen molar-refractivity contribution in [1.29, 1.82) is 0 Å². The Morgan fingerprint density at radius 3 is 2.56 bits per heavy atom. The second-order valence-electron chi connectivity index (χ2n) is 8.40. The zero-order valence-corrected chi connectivity index (χ0v) is 15.9. The van der Waals surface area contributed by atoms with Gasteiger partial charge in [-0.2, -0.15) is 0 Å². The minimum atomic E-state index is -1.29. The molecule has 2 N–H and O–H groups in total. The van der Waals surface area contributed by atoms with E-state index in [0.717, 1.165) is 25.7 Å². The van der Waals surface area contributed by atoms with Crippen molar-refractivity contribution in [3.63, 3.8) is 0 Å². The number of aliphatic hydroxyl groups is 2. The van der Waals surface area contributed by atoms with Crippen LogP contribution in [0.3, 0.4) is 0 Å². The van der Waals surface area contributed by atoms with Gasteiger partial charge in [-0.1, -0.05) is 13.8 Å². The molecule has 0 radical (unpaired) electrons. The van der Waals surface area contributed by atoms with E-state index in [1.54, 1.807) is 14.0 Å². The molecule has 2 heterocycles. The summed E-state index contributed by atoms with van der Waals surface area (Å²) in [5, 5.41) is 22.3.